The van der Waals surface area contributed by atoms with E-state index in [1.54, 1.807) is 0 Å². The molecule has 0 aliphatic heterocycles. The molecule has 24 heavy (non-hydrogen) atoms. The van der Waals surface area contributed by atoms with Gasteiger partial charge in [0.1, 0.15) is 6.54 Å². The van der Waals surface area contributed by atoms with Crippen molar-refractivity contribution in [2.24, 2.45) is 5.73 Å². The third-order valence-corrected chi connectivity index (χ3v) is 3.29. The molecule has 1 amide bonds. The van der Waals surface area contributed by atoms with Gasteiger partial charge in [0.15, 0.2) is 11.6 Å². The van der Waals surface area contributed by atoms with Crippen LogP contribution in [0.4, 0.5) is 28.0 Å². The fourth-order valence-electron chi connectivity index (χ4n) is 2.28. The second-order valence-electron chi connectivity index (χ2n) is 4.81. The molecule has 0 aliphatic carbocycles. The highest BCUT2D eigenvalue weighted by molar-refractivity contribution is 5.94. The topological polar surface area (TPSA) is 88.7 Å². The lowest BCUT2D eigenvalue weighted by Crippen LogP contribution is -2.39. The van der Waals surface area contributed by atoms with E-state index in [-0.39, 0.29) is 39.3 Å². The predicted molar refractivity (Wildman–Crippen MR) is 77.6 cm³/mol. The number of halogens is 4. The number of nitrogens with zero attached hydrogens (tertiary/aromatic N) is 2. The van der Waals surface area contributed by atoms with Crippen LogP contribution in [0.1, 0.15) is 5.56 Å². The first kappa shape index (κ1) is 17.7. The first-order valence-electron chi connectivity index (χ1n) is 6.60. The summed E-state index contributed by atoms with van der Waals surface area (Å²) >= 11 is 0. The number of amides is 1. The van der Waals surface area contributed by atoms with Crippen LogP contribution in [0, 0.1) is 5.82 Å². The van der Waals surface area contributed by atoms with Crippen LogP contribution in [0.2, 0.25) is 0 Å². The molecular weight excluding hydrogens is 334 g/mol. The minimum Gasteiger partial charge on any atom is -0.494 e. The van der Waals surface area contributed by atoms with Gasteiger partial charge in [0.05, 0.1) is 24.5 Å². The summed E-state index contributed by atoms with van der Waals surface area (Å²) in [4.78, 5) is 15.2. The number of pyridine rings is 1. The van der Waals surface area contributed by atoms with E-state index in [0.717, 1.165) is 12.3 Å². The van der Waals surface area contributed by atoms with Crippen LogP contribution >= 0.6 is 0 Å². The van der Waals surface area contributed by atoms with Crippen molar-refractivity contribution in [2.45, 2.75) is 12.7 Å². The quantitative estimate of drug-likeness (QED) is 0.830. The number of aromatic nitrogens is 1. The zero-order valence-electron chi connectivity index (χ0n) is 12.4. The van der Waals surface area contributed by atoms with Crippen molar-refractivity contribution in [3.8, 4) is 5.75 Å². The number of hydrogen-bond acceptors (Lipinski definition) is 4. The van der Waals surface area contributed by atoms with E-state index >= 15 is 0 Å². The van der Waals surface area contributed by atoms with Crippen LogP contribution in [0.5, 0.6) is 5.75 Å². The number of hydrogen-bond donors (Lipinski definition) is 2. The first-order chi connectivity index (χ1) is 11.2. The van der Waals surface area contributed by atoms with Crippen molar-refractivity contribution in [1.82, 2.24) is 4.98 Å². The van der Waals surface area contributed by atoms with E-state index in [9.17, 15) is 22.4 Å². The van der Waals surface area contributed by atoms with Crippen molar-refractivity contribution in [1.29, 1.82) is 0 Å². The van der Waals surface area contributed by atoms with Crippen molar-refractivity contribution in [3.63, 3.8) is 0 Å². The number of rotatable bonds is 4. The Labute approximate surface area is 133 Å². The van der Waals surface area contributed by atoms with E-state index in [1.165, 1.54) is 13.2 Å². The summed E-state index contributed by atoms with van der Waals surface area (Å²) in [6, 6.07) is 2.25. The Kier molecular flexibility index (Phi) is 4.78. The van der Waals surface area contributed by atoms with E-state index in [1.807, 2.05) is 0 Å². The Balaban J connectivity index is 2.67. The molecule has 0 bridgehead atoms. The Hall–Kier alpha value is -2.62. The molecule has 2 rings (SSSR count). The smallest absolute Gasteiger partial charge is 0.412 e. The number of benzene rings is 1. The molecule has 130 valence electrons. The number of methoxy groups -OCH3 is 1. The van der Waals surface area contributed by atoms with Crippen molar-refractivity contribution in [3.05, 3.63) is 29.7 Å². The molecule has 1 heterocycles. The van der Waals surface area contributed by atoms with Gasteiger partial charge in [0, 0.05) is 23.6 Å². The van der Waals surface area contributed by atoms with Crippen molar-refractivity contribution in [2.75, 3.05) is 18.6 Å². The van der Waals surface area contributed by atoms with Crippen LogP contribution in [-0.4, -0.2) is 36.0 Å². The Morgan fingerprint density at radius 2 is 2.08 bits per heavy atom. The van der Waals surface area contributed by atoms with Gasteiger partial charge in [-0.2, -0.15) is 13.2 Å². The molecule has 0 radical (unpaired) electrons. The number of fused-ring (bicyclic) bond motifs is 1. The number of carboxylic acid groups (broad SMARTS) is 1. The number of carbonyl (C=O) groups is 1. The number of nitrogens with two attached hydrogens (primary N) is 1. The lowest BCUT2D eigenvalue weighted by molar-refractivity contribution is -0.119. The van der Waals surface area contributed by atoms with Gasteiger partial charge in [-0.25, -0.2) is 9.18 Å². The summed E-state index contributed by atoms with van der Waals surface area (Å²) in [6.45, 7) is -2.04. The molecule has 0 fully saturated rings. The summed E-state index contributed by atoms with van der Waals surface area (Å²) in [5, 5.41) is 9.19. The van der Waals surface area contributed by atoms with Crippen LogP contribution in [0.15, 0.2) is 18.3 Å². The van der Waals surface area contributed by atoms with Gasteiger partial charge < -0.3 is 15.6 Å². The molecule has 3 N–H and O–H groups in total. The fraction of sp³-hybridized carbons (Fsp3) is 0.286. The van der Waals surface area contributed by atoms with Gasteiger partial charge in [-0.15, -0.1) is 0 Å². The largest absolute Gasteiger partial charge is 0.494 e. The molecule has 0 unspecified atom stereocenters. The van der Waals surface area contributed by atoms with Gasteiger partial charge in [0.25, 0.3) is 0 Å². The highest BCUT2D eigenvalue weighted by atomic mass is 19.4. The van der Waals surface area contributed by atoms with Crippen LogP contribution < -0.4 is 15.4 Å². The zero-order valence-corrected chi connectivity index (χ0v) is 12.4. The minimum absolute atomic E-state index is 0.0354. The lowest BCUT2D eigenvalue weighted by atomic mass is 10.1. The predicted octanol–water partition coefficient (Wildman–Crippen LogP) is 2.89. The van der Waals surface area contributed by atoms with Crippen molar-refractivity contribution >= 4 is 22.7 Å². The highest BCUT2D eigenvalue weighted by Gasteiger charge is 2.35. The molecule has 0 saturated carbocycles. The molecule has 0 aliphatic rings. The SMILES string of the molecule is COc1cc2ncc(N(CC(F)(F)F)C(=O)O)c(CN)c2cc1F. The third-order valence-electron chi connectivity index (χ3n) is 3.29. The Bertz CT molecular complexity index is 780. The lowest BCUT2D eigenvalue weighted by Gasteiger charge is -2.23. The summed E-state index contributed by atoms with van der Waals surface area (Å²) in [6.07, 6.45) is -5.62. The Morgan fingerprint density at radius 3 is 2.58 bits per heavy atom. The number of anilines is 1. The van der Waals surface area contributed by atoms with E-state index in [2.05, 4.69) is 4.98 Å². The van der Waals surface area contributed by atoms with Gasteiger partial charge in [0.2, 0.25) is 0 Å². The van der Waals surface area contributed by atoms with E-state index < -0.39 is 24.6 Å². The molecule has 0 atom stereocenters. The summed E-state index contributed by atoms with van der Waals surface area (Å²) in [5.74, 6) is -0.868. The maximum absolute atomic E-state index is 13.9. The number of alkyl halides is 3. The normalized spacial score (nSPS) is 11.6. The fourth-order valence-corrected chi connectivity index (χ4v) is 2.28. The van der Waals surface area contributed by atoms with Gasteiger partial charge >= 0.3 is 12.3 Å². The molecule has 0 saturated heterocycles. The Morgan fingerprint density at radius 1 is 1.42 bits per heavy atom. The molecule has 1 aromatic carbocycles. The van der Waals surface area contributed by atoms with Crippen molar-refractivity contribution < 1.29 is 32.2 Å². The zero-order chi connectivity index (χ0) is 18.1. The second-order valence-corrected chi connectivity index (χ2v) is 4.81. The summed E-state index contributed by atoms with van der Waals surface area (Å²) in [5.41, 5.74) is 5.46. The average Bonchev–Trinajstić information content (AvgIpc) is 2.49. The molecule has 2 aromatic rings. The third kappa shape index (κ3) is 3.48. The van der Waals surface area contributed by atoms with Gasteiger partial charge in [-0.05, 0) is 6.07 Å². The maximum Gasteiger partial charge on any atom is 0.412 e. The molecule has 6 nitrogen and oxygen atoms in total. The molecule has 1 aromatic heterocycles. The van der Waals surface area contributed by atoms with Crippen LogP contribution in [-0.2, 0) is 6.54 Å². The molecule has 0 spiro atoms. The average molecular weight is 347 g/mol. The second kappa shape index (κ2) is 6.48. The van der Waals surface area contributed by atoms with Gasteiger partial charge in [-0.3, -0.25) is 9.88 Å². The maximum atomic E-state index is 13.9. The number of ether oxygens (including phenoxy) is 1. The summed E-state index contributed by atoms with van der Waals surface area (Å²) < 4.78 is 56.6. The van der Waals surface area contributed by atoms with E-state index in [0.29, 0.717) is 0 Å². The monoisotopic (exact) mass is 347 g/mol. The standard InChI is InChI=1S/C14H13F4N3O3/c1-24-12-3-10-7(2-9(12)15)8(4-19)11(5-20-10)21(13(22)23)6-14(16,17)18/h2-3,5H,4,6,19H2,1H3,(H,22,23). The molecular formula is C14H13F4N3O3. The summed E-state index contributed by atoms with van der Waals surface area (Å²) in [7, 11) is 1.25. The minimum atomic E-state index is -4.76. The van der Waals surface area contributed by atoms with E-state index in [4.69, 9.17) is 15.6 Å². The first-order valence-corrected chi connectivity index (χ1v) is 6.60. The van der Waals surface area contributed by atoms with Crippen LogP contribution in [0.3, 0.4) is 0 Å². The highest BCUT2D eigenvalue weighted by Crippen LogP contribution is 2.32. The van der Waals surface area contributed by atoms with Gasteiger partial charge in [-0.1, -0.05) is 0 Å². The van der Waals surface area contributed by atoms with Crippen LogP contribution in [0.25, 0.3) is 10.9 Å². The molecule has 10 heteroatoms.